The number of nitrogens with zero attached hydrogens (tertiary/aromatic N) is 4. The van der Waals surface area contributed by atoms with Crippen molar-refractivity contribution in [1.29, 1.82) is 0 Å². The smallest absolute Gasteiger partial charge is 0.324 e. The topological polar surface area (TPSA) is 89.2 Å². The first kappa shape index (κ1) is 17.2. The summed E-state index contributed by atoms with van der Waals surface area (Å²) in [5.74, 6) is 0.538. The van der Waals surface area contributed by atoms with Crippen LogP contribution >= 0.6 is 0 Å². The van der Waals surface area contributed by atoms with Gasteiger partial charge < -0.3 is 10.2 Å². The number of likely N-dealkylation sites (tertiary alicyclic amines) is 1. The largest absolute Gasteiger partial charge is 0.332 e. The zero-order valence-electron chi connectivity index (χ0n) is 14.8. The average molecular weight is 345 g/mol. The Morgan fingerprint density at radius 3 is 2.80 bits per heavy atom. The van der Waals surface area contributed by atoms with Gasteiger partial charge in [-0.05, 0) is 24.8 Å². The maximum absolute atomic E-state index is 12.5. The second-order valence-corrected chi connectivity index (χ2v) is 6.59. The zero-order chi connectivity index (χ0) is 18.1. The highest BCUT2D eigenvalue weighted by atomic mass is 16.2. The molecule has 0 unspecified atom stereocenters. The lowest BCUT2D eigenvalue weighted by Crippen LogP contribution is -2.42. The monoisotopic (exact) mass is 345 g/mol. The Labute approximate surface area is 145 Å². The fourth-order valence-corrected chi connectivity index (χ4v) is 3.32. The zero-order valence-corrected chi connectivity index (χ0v) is 14.8. The molecule has 3 heterocycles. The molecule has 8 heteroatoms. The van der Waals surface area contributed by atoms with Gasteiger partial charge in [-0.1, -0.05) is 13.3 Å². The van der Waals surface area contributed by atoms with Gasteiger partial charge in [-0.2, -0.15) is 0 Å². The Bertz CT molecular complexity index is 930. The lowest BCUT2D eigenvalue weighted by atomic mass is 9.96. The molecular formula is C17H23N5O3. The van der Waals surface area contributed by atoms with Gasteiger partial charge in [0.15, 0.2) is 0 Å². The van der Waals surface area contributed by atoms with E-state index in [0.717, 1.165) is 36.9 Å². The summed E-state index contributed by atoms with van der Waals surface area (Å²) in [5, 5.41) is 3.12. The Morgan fingerprint density at radius 2 is 2.08 bits per heavy atom. The molecule has 2 aromatic rings. The number of aromatic nitrogens is 3. The highest BCUT2D eigenvalue weighted by molar-refractivity contribution is 5.91. The lowest BCUT2D eigenvalue weighted by molar-refractivity contribution is 0.176. The number of hydrogen-bond donors (Lipinski definition) is 1. The quantitative estimate of drug-likeness (QED) is 0.888. The predicted octanol–water partition coefficient (Wildman–Crippen LogP) is 1.29. The molecule has 2 amide bonds. The first-order chi connectivity index (χ1) is 11.9. The third-order valence-corrected chi connectivity index (χ3v) is 4.93. The van der Waals surface area contributed by atoms with Crippen LogP contribution in [0.4, 0.5) is 10.5 Å². The average Bonchev–Trinajstić information content (AvgIpc) is 2.64. The van der Waals surface area contributed by atoms with E-state index < -0.39 is 11.2 Å². The van der Waals surface area contributed by atoms with Crippen LogP contribution in [0.15, 0.2) is 21.9 Å². The second kappa shape index (κ2) is 6.70. The number of urea groups is 1. The maximum atomic E-state index is 12.5. The molecule has 1 atom stereocenters. The van der Waals surface area contributed by atoms with E-state index in [1.165, 1.54) is 17.8 Å². The summed E-state index contributed by atoms with van der Waals surface area (Å²) < 4.78 is 2.35. The number of aryl methyl sites for hydroxylation is 1. The number of amides is 2. The number of pyridine rings is 1. The molecule has 3 rings (SSSR count). The van der Waals surface area contributed by atoms with E-state index in [-0.39, 0.29) is 6.03 Å². The molecule has 25 heavy (non-hydrogen) atoms. The van der Waals surface area contributed by atoms with E-state index in [1.54, 1.807) is 18.0 Å². The van der Waals surface area contributed by atoms with Gasteiger partial charge in [-0.25, -0.2) is 14.6 Å². The number of fused-ring (bicyclic) bond motifs is 1. The number of nitrogens with one attached hydrogen (secondary N) is 1. The molecule has 0 spiro atoms. The van der Waals surface area contributed by atoms with Gasteiger partial charge in [0.05, 0.1) is 17.3 Å². The predicted molar refractivity (Wildman–Crippen MR) is 95.8 cm³/mol. The lowest BCUT2D eigenvalue weighted by Gasteiger charge is -2.32. The van der Waals surface area contributed by atoms with Crippen LogP contribution in [0.5, 0.6) is 0 Å². The van der Waals surface area contributed by atoms with E-state index in [9.17, 15) is 14.4 Å². The standard InChI is InChI=1S/C17H23N5O3/c1-4-11-6-5-7-22(10-11)16(24)19-12-8-13-14(18-9-12)20(2)17(25)21(3)15(13)23/h8-9,11H,4-7,10H2,1-3H3,(H,19,24)/t11-/m1/s1. The van der Waals surface area contributed by atoms with E-state index in [0.29, 0.717) is 22.6 Å². The SMILES string of the molecule is CC[C@@H]1CCCN(C(=O)Nc2cnc3c(c2)c(=O)n(C)c(=O)n3C)C1. The second-order valence-electron chi connectivity index (χ2n) is 6.59. The van der Waals surface area contributed by atoms with Crippen molar-refractivity contribution >= 4 is 22.8 Å². The number of carbonyl (C=O) groups is 1. The molecule has 0 radical (unpaired) electrons. The summed E-state index contributed by atoms with van der Waals surface area (Å²) in [4.78, 5) is 42.7. The summed E-state index contributed by atoms with van der Waals surface area (Å²) in [6.45, 7) is 3.62. The van der Waals surface area contributed by atoms with Crippen molar-refractivity contribution in [2.45, 2.75) is 26.2 Å². The molecule has 0 bridgehead atoms. The fourth-order valence-electron chi connectivity index (χ4n) is 3.32. The Balaban J connectivity index is 1.89. The summed E-state index contributed by atoms with van der Waals surface area (Å²) in [6, 6.07) is 1.39. The maximum Gasteiger partial charge on any atom is 0.332 e. The Hall–Kier alpha value is -2.64. The number of piperidine rings is 1. The van der Waals surface area contributed by atoms with Crippen molar-refractivity contribution in [2.24, 2.45) is 20.0 Å². The summed E-state index contributed by atoms with van der Waals surface area (Å²) in [6.07, 6.45) is 4.69. The van der Waals surface area contributed by atoms with Crippen LogP contribution in [0.1, 0.15) is 26.2 Å². The molecule has 0 saturated carbocycles. The molecular weight excluding hydrogens is 322 g/mol. The van der Waals surface area contributed by atoms with Crippen molar-refractivity contribution in [2.75, 3.05) is 18.4 Å². The molecule has 0 aliphatic carbocycles. The molecule has 8 nitrogen and oxygen atoms in total. The van der Waals surface area contributed by atoms with E-state index >= 15 is 0 Å². The van der Waals surface area contributed by atoms with Crippen molar-refractivity contribution in [3.05, 3.63) is 33.1 Å². The molecule has 1 aliphatic heterocycles. The fraction of sp³-hybridized carbons (Fsp3) is 0.529. The van der Waals surface area contributed by atoms with Gasteiger partial charge in [0, 0.05) is 27.2 Å². The van der Waals surface area contributed by atoms with Crippen LogP contribution in [0.3, 0.4) is 0 Å². The Morgan fingerprint density at radius 1 is 1.32 bits per heavy atom. The molecule has 1 fully saturated rings. The van der Waals surface area contributed by atoms with Crippen LogP contribution in [0, 0.1) is 5.92 Å². The minimum Gasteiger partial charge on any atom is -0.324 e. The van der Waals surface area contributed by atoms with Crippen LogP contribution in [-0.4, -0.2) is 38.1 Å². The van der Waals surface area contributed by atoms with Gasteiger partial charge in [-0.15, -0.1) is 0 Å². The first-order valence-electron chi connectivity index (χ1n) is 8.54. The van der Waals surface area contributed by atoms with Gasteiger partial charge >= 0.3 is 11.7 Å². The van der Waals surface area contributed by atoms with E-state index in [4.69, 9.17) is 0 Å². The molecule has 1 N–H and O–H groups in total. The van der Waals surface area contributed by atoms with Crippen LogP contribution < -0.4 is 16.6 Å². The first-order valence-corrected chi connectivity index (χ1v) is 8.54. The van der Waals surface area contributed by atoms with Crippen LogP contribution in [0.25, 0.3) is 11.0 Å². The minimum atomic E-state index is -0.430. The van der Waals surface area contributed by atoms with Crippen LogP contribution in [-0.2, 0) is 14.1 Å². The summed E-state index contributed by atoms with van der Waals surface area (Å²) >= 11 is 0. The van der Waals surface area contributed by atoms with Gasteiger partial charge in [0.2, 0.25) is 0 Å². The molecule has 134 valence electrons. The molecule has 1 aliphatic rings. The third kappa shape index (κ3) is 3.16. The number of carbonyl (C=O) groups excluding carboxylic acids is 1. The normalized spacial score (nSPS) is 17.7. The Kier molecular flexibility index (Phi) is 4.61. The number of rotatable bonds is 2. The third-order valence-electron chi connectivity index (χ3n) is 4.93. The van der Waals surface area contributed by atoms with E-state index in [2.05, 4.69) is 17.2 Å². The van der Waals surface area contributed by atoms with E-state index in [1.807, 2.05) is 0 Å². The molecule has 0 aromatic carbocycles. The summed E-state index contributed by atoms with van der Waals surface area (Å²) in [7, 11) is 2.99. The van der Waals surface area contributed by atoms with Crippen molar-refractivity contribution in [3.8, 4) is 0 Å². The van der Waals surface area contributed by atoms with Gasteiger partial charge in [0.1, 0.15) is 5.65 Å². The van der Waals surface area contributed by atoms with Crippen molar-refractivity contribution < 1.29 is 4.79 Å². The molecule has 1 saturated heterocycles. The highest BCUT2D eigenvalue weighted by Crippen LogP contribution is 2.20. The number of hydrogen-bond acceptors (Lipinski definition) is 4. The minimum absolute atomic E-state index is 0.180. The number of anilines is 1. The summed E-state index contributed by atoms with van der Waals surface area (Å²) in [5.41, 5.74) is -0.103. The van der Waals surface area contributed by atoms with Crippen LogP contribution in [0.2, 0.25) is 0 Å². The van der Waals surface area contributed by atoms with Crippen molar-refractivity contribution in [3.63, 3.8) is 0 Å². The molecule has 2 aromatic heterocycles. The van der Waals surface area contributed by atoms with Gasteiger partial charge in [-0.3, -0.25) is 13.9 Å². The van der Waals surface area contributed by atoms with Gasteiger partial charge in [0.25, 0.3) is 5.56 Å². The highest BCUT2D eigenvalue weighted by Gasteiger charge is 2.22. The van der Waals surface area contributed by atoms with Crippen molar-refractivity contribution in [1.82, 2.24) is 19.0 Å².